The van der Waals surface area contributed by atoms with Gasteiger partial charge in [-0.15, -0.1) is 0 Å². The van der Waals surface area contributed by atoms with Gasteiger partial charge in [-0.3, -0.25) is 0 Å². The van der Waals surface area contributed by atoms with Gasteiger partial charge in [-0.2, -0.15) is 10.5 Å². The van der Waals surface area contributed by atoms with Crippen molar-refractivity contribution in [2.24, 2.45) is 29.6 Å². The maximum atomic E-state index is 9.15. The molecule has 0 radical (unpaired) electrons. The fourth-order valence-electron chi connectivity index (χ4n) is 4.41. The Bertz CT molecular complexity index is 437. The van der Waals surface area contributed by atoms with Crippen LogP contribution < -0.4 is 0 Å². The molecule has 2 nitrogen and oxygen atoms in total. The first-order valence-electron chi connectivity index (χ1n) is 7.30. The number of rotatable bonds is 0. The maximum Gasteiger partial charge on any atom is 0.0659 e. The van der Waals surface area contributed by atoms with Crippen LogP contribution in [-0.2, 0) is 0 Å². The summed E-state index contributed by atoms with van der Waals surface area (Å²) in [4.78, 5) is 0. The molecule has 0 aliphatic heterocycles. The Morgan fingerprint density at radius 1 is 1.00 bits per heavy atom. The van der Waals surface area contributed by atoms with E-state index >= 15 is 0 Å². The molecule has 18 heavy (non-hydrogen) atoms. The first-order chi connectivity index (χ1) is 8.81. The van der Waals surface area contributed by atoms with Crippen molar-refractivity contribution in [1.29, 1.82) is 10.5 Å². The predicted molar refractivity (Wildman–Crippen MR) is 69.1 cm³/mol. The molecule has 3 aliphatic rings. The van der Waals surface area contributed by atoms with E-state index in [1.807, 2.05) is 0 Å². The minimum Gasteiger partial charge on any atom is -0.198 e. The molecule has 0 aromatic rings. The molecular weight excluding hydrogens is 220 g/mol. The van der Waals surface area contributed by atoms with Gasteiger partial charge in [0.15, 0.2) is 0 Å². The highest BCUT2D eigenvalue weighted by atomic mass is 14.5. The van der Waals surface area contributed by atoms with E-state index in [9.17, 15) is 0 Å². The molecule has 94 valence electrons. The van der Waals surface area contributed by atoms with Crippen LogP contribution >= 0.6 is 0 Å². The summed E-state index contributed by atoms with van der Waals surface area (Å²) >= 11 is 0. The molecule has 3 rings (SSSR count). The lowest BCUT2D eigenvalue weighted by molar-refractivity contribution is 0.123. The summed E-state index contributed by atoms with van der Waals surface area (Å²) < 4.78 is 0. The highest BCUT2D eigenvalue weighted by Gasteiger charge is 2.41. The number of hydrogen-bond acceptors (Lipinski definition) is 2. The van der Waals surface area contributed by atoms with Crippen LogP contribution in [0.25, 0.3) is 0 Å². The van der Waals surface area contributed by atoms with Crippen LogP contribution in [0.1, 0.15) is 44.9 Å². The molecule has 3 aliphatic carbocycles. The molecule has 0 amide bonds. The second kappa shape index (κ2) is 4.77. The summed E-state index contributed by atoms with van der Waals surface area (Å²) in [5.74, 6) is 2.80. The Hall–Kier alpha value is -1.28. The minimum absolute atomic E-state index is 0.249. The highest BCUT2D eigenvalue weighted by molar-refractivity contribution is 5.19. The van der Waals surface area contributed by atoms with E-state index in [0.29, 0.717) is 11.8 Å². The molecule has 0 spiro atoms. The molecule has 0 saturated heterocycles. The Balaban J connectivity index is 1.78. The van der Waals surface area contributed by atoms with Gasteiger partial charge < -0.3 is 0 Å². The van der Waals surface area contributed by atoms with Crippen LogP contribution in [0.3, 0.4) is 0 Å². The molecule has 0 aromatic carbocycles. The van der Waals surface area contributed by atoms with Gasteiger partial charge in [0.2, 0.25) is 0 Å². The van der Waals surface area contributed by atoms with Gasteiger partial charge >= 0.3 is 0 Å². The van der Waals surface area contributed by atoms with Crippen molar-refractivity contribution in [2.75, 3.05) is 0 Å². The van der Waals surface area contributed by atoms with Gasteiger partial charge in [0.25, 0.3) is 0 Å². The monoisotopic (exact) mass is 240 g/mol. The van der Waals surface area contributed by atoms with Crippen molar-refractivity contribution in [3.8, 4) is 12.1 Å². The van der Waals surface area contributed by atoms with Gasteiger partial charge in [-0.05, 0) is 62.7 Å². The first kappa shape index (κ1) is 11.8. The molecule has 5 unspecified atom stereocenters. The van der Waals surface area contributed by atoms with Crippen molar-refractivity contribution in [1.82, 2.24) is 0 Å². The van der Waals surface area contributed by atoms with E-state index in [4.69, 9.17) is 10.5 Å². The van der Waals surface area contributed by atoms with E-state index in [-0.39, 0.29) is 5.92 Å². The van der Waals surface area contributed by atoms with Crippen LogP contribution in [0, 0.1) is 52.3 Å². The van der Waals surface area contributed by atoms with E-state index < -0.39 is 0 Å². The third kappa shape index (κ3) is 1.95. The predicted octanol–water partition coefficient (Wildman–Crippen LogP) is 3.81. The lowest BCUT2D eigenvalue weighted by Crippen LogP contribution is -2.36. The zero-order valence-electron chi connectivity index (χ0n) is 10.8. The summed E-state index contributed by atoms with van der Waals surface area (Å²) in [6.07, 6.45) is 10.3. The van der Waals surface area contributed by atoms with E-state index in [1.54, 1.807) is 5.57 Å². The quantitative estimate of drug-likeness (QED) is 0.604. The summed E-state index contributed by atoms with van der Waals surface area (Å²) in [6.45, 7) is 0. The van der Waals surface area contributed by atoms with Crippen LogP contribution in [-0.4, -0.2) is 0 Å². The molecule has 0 bridgehead atoms. The average Bonchev–Trinajstić information content (AvgIpc) is 2.45. The summed E-state index contributed by atoms with van der Waals surface area (Å²) in [6, 6.07) is 4.92. The van der Waals surface area contributed by atoms with Crippen molar-refractivity contribution >= 4 is 0 Å². The summed E-state index contributed by atoms with van der Waals surface area (Å²) in [5, 5.41) is 18.2. The largest absolute Gasteiger partial charge is 0.198 e. The van der Waals surface area contributed by atoms with Gasteiger partial charge in [0.1, 0.15) is 0 Å². The zero-order chi connectivity index (χ0) is 12.5. The Labute approximate surface area is 109 Å². The second-order valence-corrected chi connectivity index (χ2v) is 6.29. The Morgan fingerprint density at radius 3 is 2.56 bits per heavy atom. The van der Waals surface area contributed by atoms with E-state index in [1.165, 1.54) is 19.3 Å². The smallest absolute Gasteiger partial charge is 0.0659 e. The SMILES string of the molecule is N#CC1CCC2C(=CCC3CCC(C#N)CC32)C1. The highest BCUT2D eigenvalue weighted by Crippen LogP contribution is 2.50. The molecular formula is C16H20N2. The normalized spacial score (nSPS) is 42.8. The minimum atomic E-state index is 0.249. The van der Waals surface area contributed by atoms with Gasteiger partial charge in [0.05, 0.1) is 18.1 Å². The van der Waals surface area contributed by atoms with Gasteiger partial charge in [-0.25, -0.2) is 0 Å². The number of nitrogens with zero attached hydrogens (tertiary/aromatic N) is 2. The zero-order valence-corrected chi connectivity index (χ0v) is 10.8. The third-order valence-corrected chi connectivity index (χ3v) is 5.40. The van der Waals surface area contributed by atoms with Crippen molar-refractivity contribution in [3.63, 3.8) is 0 Å². The first-order valence-corrected chi connectivity index (χ1v) is 7.30. The Morgan fingerprint density at radius 2 is 1.78 bits per heavy atom. The molecule has 2 heteroatoms. The molecule has 2 fully saturated rings. The van der Waals surface area contributed by atoms with Gasteiger partial charge in [-0.1, -0.05) is 11.6 Å². The van der Waals surface area contributed by atoms with Crippen LogP contribution in [0.15, 0.2) is 11.6 Å². The number of fused-ring (bicyclic) bond motifs is 3. The third-order valence-electron chi connectivity index (χ3n) is 5.40. The fourth-order valence-corrected chi connectivity index (χ4v) is 4.41. The summed E-state index contributed by atoms with van der Waals surface area (Å²) in [5.41, 5.74) is 1.55. The van der Waals surface area contributed by atoms with Crippen LogP contribution in [0.5, 0.6) is 0 Å². The molecule has 0 heterocycles. The van der Waals surface area contributed by atoms with Crippen molar-refractivity contribution in [3.05, 3.63) is 11.6 Å². The van der Waals surface area contributed by atoms with Crippen molar-refractivity contribution < 1.29 is 0 Å². The van der Waals surface area contributed by atoms with Crippen LogP contribution in [0.4, 0.5) is 0 Å². The van der Waals surface area contributed by atoms with Gasteiger partial charge in [0, 0.05) is 5.92 Å². The number of allylic oxidation sites excluding steroid dienone is 2. The van der Waals surface area contributed by atoms with E-state index in [2.05, 4.69) is 18.2 Å². The van der Waals surface area contributed by atoms with E-state index in [0.717, 1.165) is 37.5 Å². The number of nitriles is 2. The second-order valence-electron chi connectivity index (χ2n) is 6.29. The lowest BCUT2D eigenvalue weighted by Gasteiger charge is -2.45. The molecule has 2 saturated carbocycles. The Kier molecular flexibility index (Phi) is 3.13. The maximum absolute atomic E-state index is 9.15. The fraction of sp³-hybridized carbons (Fsp3) is 0.750. The molecule has 5 atom stereocenters. The topological polar surface area (TPSA) is 47.6 Å². The molecule has 0 aromatic heterocycles. The lowest BCUT2D eigenvalue weighted by atomic mass is 9.59. The molecule has 0 N–H and O–H groups in total. The van der Waals surface area contributed by atoms with Crippen molar-refractivity contribution in [2.45, 2.75) is 44.9 Å². The average molecular weight is 240 g/mol. The number of hydrogen-bond donors (Lipinski definition) is 0. The summed E-state index contributed by atoms with van der Waals surface area (Å²) in [7, 11) is 0. The standard InChI is InChI=1S/C16H20N2/c17-9-11-2-6-15-14(7-11)5-4-13-3-1-12(10-18)8-16(13)15/h5,11-13,15-16H,1-4,6-8H2. The van der Waals surface area contributed by atoms with Crippen LogP contribution in [0.2, 0.25) is 0 Å².